The van der Waals surface area contributed by atoms with Crippen LogP contribution in [0.3, 0.4) is 0 Å². The highest BCUT2D eigenvalue weighted by atomic mass is 16.5. The van der Waals surface area contributed by atoms with Crippen molar-refractivity contribution in [3.05, 3.63) is 23.9 Å². The van der Waals surface area contributed by atoms with Gasteiger partial charge in [-0.25, -0.2) is 4.98 Å². The summed E-state index contributed by atoms with van der Waals surface area (Å²) >= 11 is 0. The van der Waals surface area contributed by atoms with Gasteiger partial charge >= 0.3 is 0 Å². The Morgan fingerprint density at radius 2 is 2.36 bits per heavy atom. The van der Waals surface area contributed by atoms with Gasteiger partial charge in [-0.2, -0.15) is 5.26 Å². The van der Waals surface area contributed by atoms with Crippen molar-refractivity contribution in [2.45, 2.75) is 13.3 Å². The van der Waals surface area contributed by atoms with Gasteiger partial charge in [0.2, 0.25) is 5.88 Å². The van der Waals surface area contributed by atoms with Crippen LogP contribution < -0.4 is 4.74 Å². The summed E-state index contributed by atoms with van der Waals surface area (Å²) in [6.07, 6.45) is 1.88. The van der Waals surface area contributed by atoms with Crippen LogP contribution in [0.1, 0.15) is 18.9 Å². The van der Waals surface area contributed by atoms with Crippen LogP contribution in [0.25, 0.3) is 0 Å². The van der Waals surface area contributed by atoms with Crippen molar-refractivity contribution in [2.75, 3.05) is 6.61 Å². The SMILES string of the molecule is CCOc1ccc(C#CCC#N)cn1. The van der Waals surface area contributed by atoms with Crippen molar-refractivity contribution in [3.8, 4) is 23.8 Å². The highest BCUT2D eigenvalue weighted by Gasteiger charge is 1.92. The highest BCUT2D eigenvalue weighted by molar-refractivity contribution is 5.34. The summed E-state index contributed by atoms with van der Waals surface area (Å²) in [5.41, 5.74) is 0.795. The average molecular weight is 186 g/mol. The molecule has 0 radical (unpaired) electrons. The Bertz CT molecular complexity index is 378. The van der Waals surface area contributed by atoms with Gasteiger partial charge in [-0.3, -0.25) is 0 Å². The van der Waals surface area contributed by atoms with Gasteiger partial charge in [-0.15, -0.1) is 0 Å². The Hall–Kier alpha value is -2.00. The minimum atomic E-state index is 0.243. The number of aromatic nitrogens is 1. The molecule has 0 fully saturated rings. The third-order valence-corrected chi connectivity index (χ3v) is 1.43. The van der Waals surface area contributed by atoms with Crippen LogP contribution in [0, 0.1) is 23.2 Å². The van der Waals surface area contributed by atoms with Crippen LogP contribution >= 0.6 is 0 Å². The van der Waals surface area contributed by atoms with Gasteiger partial charge in [0.25, 0.3) is 0 Å². The first-order valence-electron chi connectivity index (χ1n) is 4.31. The summed E-state index contributed by atoms with van der Waals surface area (Å²) in [4.78, 5) is 4.04. The highest BCUT2D eigenvalue weighted by Crippen LogP contribution is 2.06. The molecule has 1 aromatic rings. The molecule has 1 rings (SSSR count). The number of pyridine rings is 1. The molecule has 0 saturated carbocycles. The van der Waals surface area contributed by atoms with Gasteiger partial charge in [0, 0.05) is 17.8 Å². The van der Waals surface area contributed by atoms with Crippen LogP contribution in [0.4, 0.5) is 0 Å². The minimum absolute atomic E-state index is 0.243. The lowest BCUT2D eigenvalue weighted by molar-refractivity contribution is 0.327. The summed E-state index contributed by atoms with van der Waals surface area (Å²) in [6, 6.07) is 5.54. The average Bonchev–Trinajstić information content (AvgIpc) is 2.21. The van der Waals surface area contributed by atoms with Crippen LogP contribution in [-0.2, 0) is 0 Å². The molecule has 0 aliphatic carbocycles. The van der Waals surface area contributed by atoms with E-state index in [-0.39, 0.29) is 6.42 Å². The van der Waals surface area contributed by atoms with E-state index in [0.717, 1.165) is 5.56 Å². The first-order valence-corrected chi connectivity index (χ1v) is 4.31. The topological polar surface area (TPSA) is 45.9 Å². The smallest absolute Gasteiger partial charge is 0.213 e. The monoisotopic (exact) mass is 186 g/mol. The van der Waals surface area contributed by atoms with Crippen molar-refractivity contribution in [1.29, 1.82) is 5.26 Å². The number of nitrogens with zero attached hydrogens (tertiary/aromatic N) is 2. The van der Waals surface area contributed by atoms with Gasteiger partial charge in [-0.05, 0) is 13.0 Å². The molecule has 1 aromatic heterocycles. The molecule has 3 heteroatoms. The molecule has 0 aliphatic heterocycles. The summed E-state index contributed by atoms with van der Waals surface area (Å²) in [5.74, 6) is 6.13. The van der Waals surface area contributed by atoms with E-state index in [4.69, 9.17) is 10.00 Å². The number of hydrogen-bond donors (Lipinski definition) is 0. The molecule has 3 nitrogen and oxygen atoms in total. The van der Waals surface area contributed by atoms with Crippen LogP contribution in [-0.4, -0.2) is 11.6 Å². The second-order valence-electron chi connectivity index (χ2n) is 2.45. The van der Waals surface area contributed by atoms with E-state index >= 15 is 0 Å². The van der Waals surface area contributed by atoms with Gasteiger partial charge in [0.15, 0.2) is 0 Å². The van der Waals surface area contributed by atoms with Gasteiger partial charge in [0.05, 0.1) is 19.1 Å². The summed E-state index contributed by atoms with van der Waals surface area (Å²) in [7, 11) is 0. The maximum absolute atomic E-state index is 8.27. The Balaban J connectivity index is 2.66. The van der Waals surface area contributed by atoms with E-state index in [9.17, 15) is 0 Å². The molecule has 0 spiro atoms. The van der Waals surface area contributed by atoms with Gasteiger partial charge < -0.3 is 4.74 Å². The van der Waals surface area contributed by atoms with Gasteiger partial charge in [-0.1, -0.05) is 11.8 Å². The first-order chi connectivity index (χ1) is 6.86. The summed E-state index contributed by atoms with van der Waals surface area (Å²) in [6.45, 7) is 2.51. The second-order valence-corrected chi connectivity index (χ2v) is 2.45. The second kappa shape index (κ2) is 5.61. The van der Waals surface area contributed by atoms with Crippen molar-refractivity contribution in [3.63, 3.8) is 0 Å². The Labute approximate surface area is 83.3 Å². The molecule has 0 bridgehead atoms. The van der Waals surface area contributed by atoms with E-state index in [1.807, 2.05) is 19.1 Å². The Morgan fingerprint density at radius 3 is 2.93 bits per heavy atom. The zero-order valence-corrected chi connectivity index (χ0v) is 7.95. The zero-order chi connectivity index (χ0) is 10.2. The number of rotatable bonds is 2. The molecule has 0 aromatic carbocycles. The largest absolute Gasteiger partial charge is 0.478 e. The van der Waals surface area contributed by atoms with Crippen LogP contribution in [0.5, 0.6) is 5.88 Å². The maximum Gasteiger partial charge on any atom is 0.213 e. The molecule has 1 heterocycles. The molecular weight excluding hydrogens is 176 g/mol. The van der Waals surface area contributed by atoms with Crippen molar-refractivity contribution in [1.82, 2.24) is 4.98 Å². The lowest BCUT2D eigenvalue weighted by atomic mass is 10.3. The van der Waals surface area contributed by atoms with E-state index in [1.165, 1.54) is 0 Å². The van der Waals surface area contributed by atoms with Crippen LogP contribution in [0.15, 0.2) is 18.3 Å². The fourth-order valence-corrected chi connectivity index (χ4v) is 0.873. The lowest BCUT2D eigenvalue weighted by Gasteiger charge is -1.99. The summed E-state index contributed by atoms with van der Waals surface area (Å²) in [5, 5.41) is 8.27. The minimum Gasteiger partial charge on any atom is -0.478 e. The van der Waals surface area contributed by atoms with E-state index in [2.05, 4.69) is 16.8 Å². The third-order valence-electron chi connectivity index (χ3n) is 1.43. The van der Waals surface area contributed by atoms with E-state index in [0.29, 0.717) is 12.5 Å². The van der Waals surface area contributed by atoms with E-state index in [1.54, 1.807) is 12.3 Å². The lowest BCUT2D eigenvalue weighted by Crippen LogP contribution is -1.93. The molecule has 70 valence electrons. The standard InChI is InChI=1S/C11H10N2O/c1-2-14-11-7-6-10(9-13-11)5-3-4-8-12/h6-7,9H,2,4H2,1H3. The molecule has 0 atom stereocenters. The fraction of sp³-hybridized carbons (Fsp3) is 0.273. The molecule has 0 saturated heterocycles. The molecule has 14 heavy (non-hydrogen) atoms. The molecule has 0 amide bonds. The predicted molar refractivity (Wildman–Crippen MR) is 52.5 cm³/mol. The molecule has 0 aliphatic rings. The maximum atomic E-state index is 8.27. The van der Waals surface area contributed by atoms with Crippen molar-refractivity contribution < 1.29 is 4.74 Å². The summed E-state index contributed by atoms with van der Waals surface area (Å²) < 4.78 is 5.17. The third kappa shape index (κ3) is 3.16. The normalized spacial score (nSPS) is 8.29. The molecular formula is C11H10N2O. The van der Waals surface area contributed by atoms with Crippen molar-refractivity contribution in [2.24, 2.45) is 0 Å². The van der Waals surface area contributed by atoms with E-state index < -0.39 is 0 Å². The fourth-order valence-electron chi connectivity index (χ4n) is 0.873. The van der Waals surface area contributed by atoms with Crippen molar-refractivity contribution >= 4 is 0 Å². The first kappa shape index (κ1) is 10.1. The van der Waals surface area contributed by atoms with Crippen LogP contribution in [0.2, 0.25) is 0 Å². The number of ether oxygens (including phenoxy) is 1. The Morgan fingerprint density at radius 1 is 1.50 bits per heavy atom. The van der Waals surface area contributed by atoms with Gasteiger partial charge in [0.1, 0.15) is 0 Å². The zero-order valence-electron chi connectivity index (χ0n) is 7.95. The molecule has 0 N–H and O–H groups in total. The Kier molecular flexibility index (Phi) is 4.04. The predicted octanol–water partition coefficient (Wildman–Crippen LogP) is 1.75. The number of nitriles is 1. The molecule has 0 unspecified atom stereocenters. The quantitative estimate of drug-likeness (QED) is 0.661. The number of hydrogen-bond acceptors (Lipinski definition) is 3.